The maximum Gasteiger partial charge on any atom is 0.239 e. The first kappa shape index (κ1) is 20.8. The number of likely N-dealkylation sites (tertiary alicyclic amines) is 1. The summed E-state index contributed by atoms with van der Waals surface area (Å²) in [7, 11) is 0. The predicted octanol–water partition coefficient (Wildman–Crippen LogP) is 1.35. The van der Waals surface area contributed by atoms with Crippen molar-refractivity contribution in [3.8, 4) is 0 Å². The first-order valence-electron chi connectivity index (χ1n) is 10.6. The zero-order valence-electron chi connectivity index (χ0n) is 17.1. The summed E-state index contributed by atoms with van der Waals surface area (Å²) >= 11 is 0. The molecule has 6 nitrogen and oxygen atoms in total. The Morgan fingerprint density at radius 3 is 2.43 bits per heavy atom. The van der Waals surface area contributed by atoms with E-state index in [1.54, 1.807) is 0 Å². The summed E-state index contributed by atoms with van der Waals surface area (Å²) in [6.07, 6.45) is 4.33. The number of rotatable bonds is 6. The Hall–Kier alpha value is -1.92. The van der Waals surface area contributed by atoms with Crippen molar-refractivity contribution >= 4 is 11.8 Å². The first-order valence-corrected chi connectivity index (χ1v) is 10.6. The van der Waals surface area contributed by atoms with E-state index in [0.29, 0.717) is 12.5 Å². The van der Waals surface area contributed by atoms with Gasteiger partial charge in [0.05, 0.1) is 12.6 Å². The minimum atomic E-state index is -0.300. The molecule has 0 aromatic heterocycles. The van der Waals surface area contributed by atoms with Crippen molar-refractivity contribution in [2.75, 3.05) is 45.8 Å². The smallest absolute Gasteiger partial charge is 0.239 e. The predicted molar refractivity (Wildman–Crippen MR) is 111 cm³/mol. The summed E-state index contributed by atoms with van der Waals surface area (Å²) in [5.41, 5.74) is 6.72. The van der Waals surface area contributed by atoms with Crippen LogP contribution >= 0.6 is 0 Å². The number of benzene rings is 1. The zero-order chi connectivity index (χ0) is 19.9. The van der Waals surface area contributed by atoms with Gasteiger partial charge in [0.25, 0.3) is 0 Å². The highest BCUT2D eigenvalue weighted by molar-refractivity contribution is 5.81. The molecule has 0 saturated carbocycles. The van der Waals surface area contributed by atoms with Gasteiger partial charge in [-0.15, -0.1) is 0 Å². The molecule has 1 aromatic rings. The molecule has 1 unspecified atom stereocenters. The lowest BCUT2D eigenvalue weighted by Crippen LogP contribution is -2.50. The number of hydrogen-bond acceptors (Lipinski definition) is 4. The van der Waals surface area contributed by atoms with Crippen LogP contribution in [-0.4, -0.2) is 78.4 Å². The normalized spacial score (nSPS) is 21.2. The number of nitrogens with two attached hydrogens (primary N) is 1. The number of piperidine rings is 1. The van der Waals surface area contributed by atoms with Crippen LogP contribution in [0.5, 0.6) is 0 Å². The fourth-order valence-electron chi connectivity index (χ4n) is 4.48. The van der Waals surface area contributed by atoms with Crippen LogP contribution in [0.3, 0.4) is 0 Å². The number of hydrogen-bond donors (Lipinski definition) is 1. The van der Waals surface area contributed by atoms with Gasteiger partial charge in [-0.1, -0.05) is 30.3 Å². The van der Waals surface area contributed by atoms with E-state index in [1.165, 1.54) is 5.56 Å². The molecule has 2 saturated heterocycles. The molecular weight excluding hydrogens is 352 g/mol. The molecule has 0 spiro atoms. The van der Waals surface area contributed by atoms with Gasteiger partial charge in [-0.25, -0.2) is 0 Å². The summed E-state index contributed by atoms with van der Waals surface area (Å²) in [5, 5.41) is 0. The van der Waals surface area contributed by atoms with Crippen LogP contribution in [0, 0.1) is 5.92 Å². The molecular formula is C22H34N4O2. The van der Waals surface area contributed by atoms with E-state index < -0.39 is 0 Å². The van der Waals surface area contributed by atoms with Crippen LogP contribution in [-0.2, 0) is 16.0 Å². The van der Waals surface area contributed by atoms with Crippen molar-refractivity contribution in [3.05, 3.63) is 35.9 Å². The summed E-state index contributed by atoms with van der Waals surface area (Å²) < 4.78 is 0. The minimum absolute atomic E-state index is 0.0691. The number of carbonyl (C=O) groups is 2. The first-order chi connectivity index (χ1) is 13.5. The second-order valence-electron chi connectivity index (χ2n) is 8.27. The van der Waals surface area contributed by atoms with Crippen LogP contribution in [0.4, 0.5) is 0 Å². The molecule has 1 atom stereocenters. The topological polar surface area (TPSA) is 69.9 Å². The third-order valence-corrected chi connectivity index (χ3v) is 6.20. The molecule has 3 rings (SSSR count). The minimum Gasteiger partial charge on any atom is -0.369 e. The molecule has 2 N–H and O–H groups in total. The third kappa shape index (κ3) is 5.79. The van der Waals surface area contributed by atoms with Crippen molar-refractivity contribution in [1.82, 2.24) is 14.7 Å². The molecule has 6 heteroatoms. The largest absolute Gasteiger partial charge is 0.369 e. The van der Waals surface area contributed by atoms with E-state index in [-0.39, 0.29) is 24.4 Å². The monoisotopic (exact) mass is 386 g/mol. The summed E-state index contributed by atoms with van der Waals surface area (Å²) in [5.74, 6) is 0.635. The molecule has 0 aliphatic carbocycles. The molecule has 0 radical (unpaired) electrons. The molecule has 1 aromatic carbocycles. The van der Waals surface area contributed by atoms with Crippen LogP contribution in [0.25, 0.3) is 0 Å². The van der Waals surface area contributed by atoms with Gasteiger partial charge >= 0.3 is 0 Å². The number of carbonyl (C=O) groups excluding carboxylic acids is 2. The van der Waals surface area contributed by atoms with Crippen molar-refractivity contribution in [2.24, 2.45) is 11.7 Å². The van der Waals surface area contributed by atoms with Crippen LogP contribution in [0.2, 0.25) is 0 Å². The van der Waals surface area contributed by atoms with Crippen molar-refractivity contribution < 1.29 is 9.59 Å². The van der Waals surface area contributed by atoms with Gasteiger partial charge in [0.1, 0.15) is 0 Å². The number of nitrogens with zero attached hydrogens (tertiary/aromatic N) is 3. The van der Waals surface area contributed by atoms with E-state index in [0.717, 1.165) is 58.4 Å². The Bertz CT molecular complexity index is 643. The van der Waals surface area contributed by atoms with Gasteiger partial charge in [-0.3, -0.25) is 19.4 Å². The second kappa shape index (κ2) is 10.0. The van der Waals surface area contributed by atoms with Gasteiger partial charge in [0.2, 0.25) is 11.8 Å². The maximum atomic E-state index is 13.0. The van der Waals surface area contributed by atoms with Crippen LogP contribution in [0.1, 0.15) is 31.7 Å². The van der Waals surface area contributed by atoms with Gasteiger partial charge in [0.15, 0.2) is 0 Å². The molecule has 2 aliphatic rings. The Balaban J connectivity index is 1.46. The molecule has 0 bridgehead atoms. The molecule has 2 heterocycles. The number of primary amides is 1. The lowest BCUT2D eigenvalue weighted by Gasteiger charge is -2.37. The van der Waals surface area contributed by atoms with Crippen molar-refractivity contribution in [2.45, 2.75) is 38.6 Å². The zero-order valence-corrected chi connectivity index (χ0v) is 17.1. The Labute approximate surface area is 168 Å². The molecule has 154 valence electrons. The van der Waals surface area contributed by atoms with Crippen LogP contribution in [0.15, 0.2) is 30.3 Å². The standard InChI is InChI=1S/C22H34N4O2/c1-18(22(28)26-11-5-10-24(14-15-26)17-21(23)27)25-12-8-20(9-13-25)16-19-6-3-2-4-7-19/h2-4,6-7,18,20H,5,8-17H2,1H3,(H2,23,27). The average molecular weight is 387 g/mol. The summed E-state index contributed by atoms with van der Waals surface area (Å²) in [6.45, 7) is 7.31. The van der Waals surface area contributed by atoms with Gasteiger partial charge < -0.3 is 10.6 Å². The van der Waals surface area contributed by atoms with Gasteiger partial charge in [-0.05, 0) is 57.2 Å². The molecule has 28 heavy (non-hydrogen) atoms. The van der Waals surface area contributed by atoms with Gasteiger partial charge in [0, 0.05) is 26.2 Å². The molecule has 2 aliphatic heterocycles. The van der Waals surface area contributed by atoms with Gasteiger partial charge in [-0.2, -0.15) is 0 Å². The Morgan fingerprint density at radius 1 is 1.04 bits per heavy atom. The maximum absolute atomic E-state index is 13.0. The summed E-state index contributed by atoms with van der Waals surface area (Å²) in [4.78, 5) is 30.5. The van der Waals surface area contributed by atoms with Crippen LogP contribution < -0.4 is 5.73 Å². The number of amides is 2. The highest BCUT2D eigenvalue weighted by atomic mass is 16.2. The van der Waals surface area contributed by atoms with E-state index >= 15 is 0 Å². The Morgan fingerprint density at radius 2 is 1.75 bits per heavy atom. The fraction of sp³-hybridized carbons (Fsp3) is 0.636. The quantitative estimate of drug-likeness (QED) is 0.801. The van der Waals surface area contributed by atoms with Crippen molar-refractivity contribution in [1.29, 1.82) is 0 Å². The highest BCUT2D eigenvalue weighted by Crippen LogP contribution is 2.23. The fourth-order valence-corrected chi connectivity index (χ4v) is 4.48. The highest BCUT2D eigenvalue weighted by Gasteiger charge is 2.30. The third-order valence-electron chi connectivity index (χ3n) is 6.20. The average Bonchev–Trinajstić information content (AvgIpc) is 2.93. The van der Waals surface area contributed by atoms with Crippen molar-refractivity contribution in [3.63, 3.8) is 0 Å². The lowest BCUT2D eigenvalue weighted by molar-refractivity contribution is -0.136. The lowest BCUT2D eigenvalue weighted by atomic mass is 9.89. The molecule has 2 amide bonds. The Kier molecular flexibility index (Phi) is 7.45. The van der Waals surface area contributed by atoms with E-state index in [2.05, 4.69) is 40.1 Å². The molecule has 2 fully saturated rings. The van der Waals surface area contributed by atoms with E-state index in [9.17, 15) is 9.59 Å². The second-order valence-corrected chi connectivity index (χ2v) is 8.27. The SMILES string of the molecule is CC(C(=O)N1CCCN(CC(N)=O)CC1)N1CCC(Cc2ccccc2)CC1. The van der Waals surface area contributed by atoms with E-state index in [4.69, 9.17) is 5.73 Å². The summed E-state index contributed by atoms with van der Waals surface area (Å²) in [6, 6.07) is 10.6. The van der Waals surface area contributed by atoms with E-state index in [1.807, 2.05) is 11.8 Å².